The lowest BCUT2D eigenvalue weighted by Crippen LogP contribution is -2.24. The number of hydrogen-bond acceptors (Lipinski definition) is 14. The average Bonchev–Trinajstić information content (AvgIpc) is 1.74. The molecular formula is C78H119N7O11S3. The molecule has 6 fully saturated rings. The van der Waals surface area contributed by atoms with E-state index < -0.39 is 0 Å². The number of aryl methyl sites for hydroxylation is 14. The number of furan rings is 3. The van der Waals surface area contributed by atoms with Gasteiger partial charge in [-0.1, -0.05) is 41.5 Å². The molecule has 550 valence electrons. The molecule has 0 radical (unpaired) electrons. The molecule has 0 saturated carbocycles. The van der Waals surface area contributed by atoms with E-state index in [0.29, 0.717) is 36.5 Å². The number of likely N-dealkylation sites (tertiary alicyclic amines) is 6. The molecule has 21 heteroatoms. The van der Waals surface area contributed by atoms with E-state index in [-0.39, 0.29) is 59.1 Å². The summed E-state index contributed by atoms with van der Waals surface area (Å²) in [7, 11) is 12.5. The maximum Gasteiger partial charge on any atom is 0.232 e. The van der Waals surface area contributed by atoms with Gasteiger partial charge in [0.25, 0.3) is 0 Å². The molecule has 7 aromatic heterocycles. The van der Waals surface area contributed by atoms with Crippen molar-refractivity contribution < 1.29 is 51.6 Å². The number of amides is 8. The highest BCUT2D eigenvalue weighted by molar-refractivity contribution is 7.11. The van der Waals surface area contributed by atoms with Crippen molar-refractivity contribution in [1.29, 1.82) is 0 Å². The van der Waals surface area contributed by atoms with Crippen LogP contribution >= 0.6 is 34.0 Å². The largest absolute Gasteiger partial charge is 0.469 e. The lowest BCUT2D eigenvalue weighted by atomic mass is 10.1. The van der Waals surface area contributed by atoms with Crippen LogP contribution in [0.25, 0.3) is 0 Å². The fourth-order valence-electron chi connectivity index (χ4n) is 10.1. The first-order chi connectivity index (χ1) is 46.1. The van der Waals surface area contributed by atoms with Gasteiger partial charge in [0.1, 0.15) is 23.0 Å². The Balaban J connectivity index is 0.000000537. The third kappa shape index (κ3) is 37.4. The molecule has 0 N–H and O–H groups in total. The summed E-state index contributed by atoms with van der Waals surface area (Å²) in [5, 5.41) is 4.32. The molecule has 0 aromatic carbocycles. The van der Waals surface area contributed by atoms with Crippen LogP contribution in [0.15, 0.2) is 104 Å². The number of rotatable bonds is 0. The zero-order valence-electron chi connectivity index (χ0n) is 64.5. The highest BCUT2D eigenvalue weighted by Gasteiger charge is 2.33. The van der Waals surface area contributed by atoms with Gasteiger partial charge in [-0.25, -0.2) is 0 Å². The van der Waals surface area contributed by atoms with Crippen LogP contribution in [0.1, 0.15) is 150 Å². The Morgan fingerprint density at radius 1 is 0.374 bits per heavy atom. The molecule has 6 unspecified atom stereocenters. The van der Waals surface area contributed by atoms with Crippen LogP contribution in [-0.4, -0.2) is 150 Å². The van der Waals surface area contributed by atoms with E-state index in [9.17, 15) is 38.4 Å². The molecule has 6 atom stereocenters. The molecule has 13 heterocycles. The predicted octanol–water partition coefficient (Wildman–Crippen LogP) is 16.1. The fourth-order valence-corrected chi connectivity index (χ4v) is 12.3. The van der Waals surface area contributed by atoms with Gasteiger partial charge >= 0.3 is 0 Å². The molecule has 6 saturated heterocycles. The Hall–Kier alpha value is -7.62. The monoisotopic (exact) mass is 1430 g/mol. The van der Waals surface area contributed by atoms with Crippen molar-refractivity contribution >= 4 is 81.3 Å². The first-order valence-corrected chi connectivity index (χ1v) is 36.5. The number of nitrogens with zero attached hydrogens (tertiary/aromatic N) is 7. The lowest BCUT2D eigenvalue weighted by molar-refractivity contribution is -0.139. The smallest absolute Gasteiger partial charge is 0.232 e. The van der Waals surface area contributed by atoms with E-state index in [0.717, 1.165) is 74.9 Å². The minimum absolute atomic E-state index is 0.0556. The van der Waals surface area contributed by atoms with Gasteiger partial charge in [-0.15, -0.1) is 34.0 Å². The van der Waals surface area contributed by atoms with Crippen LogP contribution in [0.4, 0.5) is 0 Å². The first-order valence-electron chi connectivity index (χ1n) is 33.9. The summed E-state index contributed by atoms with van der Waals surface area (Å²) in [5.74, 6) is 6.39. The van der Waals surface area contributed by atoms with Crippen molar-refractivity contribution in [2.45, 2.75) is 170 Å². The zero-order chi connectivity index (χ0) is 75.6. The Kier molecular flexibility index (Phi) is 41.5. The van der Waals surface area contributed by atoms with E-state index in [4.69, 9.17) is 13.3 Å². The van der Waals surface area contributed by atoms with Crippen molar-refractivity contribution in [3.05, 3.63) is 161 Å². The van der Waals surface area contributed by atoms with E-state index in [1.165, 1.54) is 71.2 Å². The molecule has 0 spiro atoms. The predicted molar refractivity (Wildman–Crippen MR) is 405 cm³/mol. The maximum absolute atomic E-state index is 10.8. The van der Waals surface area contributed by atoms with E-state index in [1.54, 1.807) is 68.6 Å². The maximum atomic E-state index is 10.8. The van der Waals surface area contributed by atoms with Crippen molar-refractivity contribution in [3.63, 3.8) is 0 Å². The molecule has 0 aliphatic carbocycles. The van der Waals surface area contributed by atoms with E-state index in [2.05, 4.69) is 110 Å². The van der Waals surface area contributed by atoms with Gasteiger partial charge in [-0.05, 0) is 208 Å². The summed E-state index contributed by atoms with van der Waals surface area (Å²) in [6, 6.07) is 18.6. The van der Waals surface area contributed by atoms with Crippen molar-refractivity contribution in [3.8, 4) is 0 Å². The first kappa shape index (κ1) is 89.4. The van der Waals surface area contributed by atoms with Crippen LogP contribution in [-0.2, 0) is 45.4 Å². The van der Waals surface area contributed by atoms with Gasteiger partial charge < -0.3 is 37.4 Å². The minimum Gasteiger partial charge on any atom is -0.469 e. The lowest BCUT2D eigenvalue weighted by Gasteiger charge is -2.05. The van der Waals surface area contributed by atoms with Gasteiger partial charge in [-0.3, -0.25) is 48.2 Å². The molecule has 18 nitrogen and oxygen atoms in total. The average molecular weight is 1430 g/mol. The molecule has 8 amide bonds. The van der Waals surface area contributed by atoms with Crippen LogP contribution in [0.2, 0.25) is 0 Å². The standard InChI is InChI=1S/2C6H9NO2.4C6H11NO.C6H9N.3C6H8O.3C6H8S/c2*1-4-3-5(8)7(2)6(4)9;2*1-5-3-6(8)7(2)4-5;2*1-5-3-4-7(2)6(5)8;1-6-3-4-7(2)5-6;2*1-5-3-6(2)7-4-5;1-5-3-4-6(2)7-5;2*1-5-3-6(2)7-4-5;1-5-3-4-6(2)7-5/h2*4H,3H2,1-2H3;4*5H,3-4H2,1-2H3;3-5H,1-2H3;6*3-4H,1-2H3. The topological polar surface area (TPSA) is 200 Å². The quantitative estimate of drug-likeness (QED) is 0.131. The minimum atomic E-state index is -0.0949. The third-order valence-corrected chi connectivity index (χ3v) is 18.7. The third-order valence-electron chi connectivity index (χ3n) is 15.8. The van der Waals surface area contributed by atoms with Gasteiger partial charge in [-0.2, -0.15) is 0 Å². The van der Waals surface area contributed by atoms with Crippen molar-refractivity contribution in [1.82, 2.24) is 34.0 Å². The second kappa shape index (κ2) is 45.9. The molecule has 6 aliphatic heterocycles. The summed E-state index contributed by atoms with van der Waals surface area (Å²) in [4.78, 5) is 101. The number of aromatic nitrogens is 1. The molecule has 99 heavy (non-hydrogen) atoms. The van der Waals surface area contributed by atoms with Crippen molar-refractivity contribution in [2.75, 3.05) is 68.5 Å². The van der Waals surface area contributed by atoms with Gasteiger partial charge in [0.15, 0.2) is 0 Å². The van der Waals surface area contributed by atoms with Gasteiger partial charge in [0.2, 0.25) is 47.3 Å². The van der Waals surface area contributed by atoms with E-state index in [1.807, 2.05) is 137 Å². The zero-order valence-corrected chi connectivity index (χ0v) is 67.0. The molecule has 13 rings (SSSR count). The fraction of sp³-hybridized carbons (Fsp3) is 0.538. The number of thiophene rings is 3. The molecular weight excluding hydrogens is 1310 g/mol. The summed E-state index contributed by atoms with van der Waals surface area (Å²) < 4.78 is 17.0. The summed E-state index contributed by atoms with van der Waals surface area (Å²) in [6.07, 6.45) is 11.9. The highest BCUT2D eigenvalue weighted by atomic mass is 32.1. The normalized spacial score (nSPS) is 19.3. The van der Waals surface area contributed by atoms with Crippen LogP contribution < -0.4 is 0 Å². The SMILES string of the molecule is CC1CC(=O)N(C)C1.CC1CC(=O)N(C)C1.CC1CC(=O)N(C)C1=O.CC1CC(=O)N(C)C1=O.CC1CCN(C)C1=O.CC1CCN(C)C1=O.Cc1ccc(C)o1.Cc1ccc(C)s1.Cc1ccn(C)c1.Cc1coc(C)c1.Cc1coc(C)c1.Cc1csc(C)c1.Cc1csc(C)c1. The molecule has 7 aromatic rings. The summed E-state index contributed by atoms with van der Waals surface area (Å²) in [5.41, 5.74) is 6.46. The molecule has 0 bridgehead atoms. The Morgan fingerprint density at radius 2 is 0.737 bits per heavy atom. The van der Waals surface area contributed by atoms with E-state index >= 15 is 0 Å². The van der Waals surface area contributed by atoms with Crippen LogP contribution in [0.3, 0.4) is 0 Å². The number of hydrogen-bond donors (Lipinski definition) is 0. The molecule has 6 aliphatic rings. The number of imide groups is 2. The second-order valence-electron chi connectivity index (χ2n) is 27.0. The summed E-state index contributed by atoms with van der Waals surface area (Å²) in [6.45, 7) is 42.0. The highest BCUT2D eigenvalue weighted by Crippen LogP contribution is 2.20. The summed E-state index contributed by atoms with van der Waals surface area (Å²) >= 11 is 5.45. The van der Waals surface area contributed by atoms with Crippen LogP contribution in [0, 0.1) is 126 Å². The Morgan fingerprint density at radius 3 is 0.818 bits per heavy atom. The van der Waals surface area contributed by atoms with Gasteiger partial charge in [0, 0.05) is 157 Å². The second-order valence-corrected chi connectivity index (χ2v) is 30.7. The van der Waals surface area contributed by atoms with Crippen molar-refractivity contribution in [2.24, 2.45) is 42.6 Å². The Labute approximate surface area is 605 Å². The Bertz CT molecular complexity index is 2930. The van der Waals surface area contributed by atoms with Gasteiger partial charge in [0.05, 0.1) is 12.5 Å². The number of carbonyl (C=O) groups is 8. The van der Waals surface area contributed by atoms with Crippen LogP contribution in [0.5, 0.6) is 0 Å². The number of carbonyl (C=O) groups excluding carboxylic acids is 8.